The lowest BCUT2D eigenvalue weighted by molar-refractivity contribution is -0.138. The number of halogens is 1. The Kier molecular flexibility index (Phi) is 5.15. The van der Waals surface area contributed by atoms with Gasteiger partial charge < -0.3 is 5.11 Å². The number of nitrogens with one attached hydrogen (secondary N) is 1. The number of carboxylic acids is 1. The van der Waals surface area contributed by atoms with Gasteiger partial charge in [0.05, 0.1) is 0 Å². The molecule has 0 radical (unpaired) electrons. The van der Waals surface area contributed by atoms with Crippen molar-refractivity contribution in [2.75, 3.05) is 0 Å². The minimum absolute atomic E-state index is 0.0711. The van der Waals surface area contributed by atoms with Gasteiger partial charge in [0.1, 0.15) is 10.3 Å². The first-order chi connectivity index (χ1) is 9.90. The van der Waals surface area contributed by atoms with Crippen LogP contribution in [0.2, 0.25) is 0 Å². The topological polar surface area (TPSA) is 83.5 Å². The second kappa shape index (κ2) is 6.69. The zero-order chi connectivity index (χ0) is 15.5. The maximum absolute atomic E-state index is 12.2. The molecular weight excluding hydrogens is 378 g/mol. The fourth-order valence-electron chi connectivity index (χ4n) is 1.74. The Labute approximate surface area is 134 Å². The quantitative estimate of drug-likeness (QED) is 0.794. The van der Waals surface area contributed by atoms with Gasteiger partial charge in [-0.05, 0) is 39.4 Å². The zero-order valence-electron chi connectivity index (χ0n) is 10.7. The van der Waals surface area contributed by atoms with Crippen molar-refractivity contribution in [1.29, 1.82) is 0 Å². The highest BCUT2D eigenvalue weighted by Gasteiger charge is 2.27. The number of hydrogen-bond donors (Lipinski definition) is 2. The molecule has 8 heteroatoms. The van der Waals surface area contributed by atoms with Gasteiger partial charge in [0.2, 0.25) is 0 Å². The number of hydrogen-bond acceptors (Lipinski definition) is 4. The van der Waals surface area contributed by atoms with Gasteiger partial charge in [-0.25, -0.2) is 8.42 Å². The summed E-state index contributed by atoms with van der Waals surface area (Å²) >= 11 is 4.17. The SMILES string of the molecule is O=C(O)[C@@H](Cc1ccccc1)NS(=O)(=O)c1sccc1Br. The van der Waals surface area contributed by atoms with Crippen LogP contribution in [0.5, 0.6) is 0 Å². The molecule has 0 aliphatic rings. The Morgan fingerprint density at radius 1 is 1.29 bits per heavy atom. The minimum atomic E-state index is -3.87. The molecule has 0 unspecified atom stereocenters. The van der Waals surface area contributed by atoms with E-state index < -0.39 is 22.0 Å². The van der Waals surface area contributed by atoms with Crippen molar-refractivity contribution in [2.24, 2.45) is 0 Å². The van der Waals surface area contributed by atoms with Gasteiger partial charge in [0.15, 0.2) is 0 Å². The summed E-state index contributed by atoms with van der Waals surface area (Å²) in [6, 6.07) is 9.26. The number of carboxylic acid groups (broad SMARTS) is 1. The molecule has 0 aliphatic heterocycles. The lowest BCUT2D eigenvalue weighted by Gasteiger charge is -2.14. The fraction of sp³-hybridized carbons (Fsp3) is 0.154. The predicted octanol–water partition coefficient (Wildman–Crippen LogP) is 2.48. The molecule has 0 saturated heterocycles. The van der Waals surface area contributed by atoms with Crippen LogP contribution in [-0.2, 0) is 21.2 Å². The number of thiophene rings is 1. The first-order valence-electron chi connectivity index (χ1n) is 5.92. The third-order valence-corrected chi connectivity index (χ3v) is 6.85. The van der Waals surface area contributed by atoms with Gasteiger partial charge in [-0.3, -0.25) is 4.79 Å². The van der Waals surface area contributed by atoms with E-state index in [1.54, 1.807) is 35.7 Å². The van der Waals surface area contributed by atoms with Crippen molar-refractivity contribution in [2.45, 2.75) is 16.7 Å². The molecule has 2 rings (SSSR count). The van der Waals surface area contributed by atoms with Crippen molar-refractivity contribution < 1.29 is 18.3 Å². The Morgan fingerprint density at radius 2 is 1.95 bits per heavy atom. The van der Waals surface area contributed by atoms with Gasteiger partial charge in [-0.15, -0.1) is 11.3 Å². The summed E-state index contributed by atoms with van der Waals surface area (Å²) in [4.78, 5) is 11.3. The van der Waals surface area contributed by atoms with E-state index in [2.05, 4.69) is 20.7 Å². The molecular formula is C13H12BrNO4S2. The summed E-state index contributed by atoms with van der Waals surface area (Å²) < 4.78 is 27.2. The second-order valence-corrected chi connectivity index (χ2v) is 7.94. The van der Waals surface area contributed by atoms with E-state index in [1.165, 1.54) is 0 Å². The summed E-state index contributed by atoms with van der Waals surface area (Å²) in [7, 11) is -3.87. The number of aliphatic carboxylic acids is 1. The standard InChI is InChI=1S/C13H12BrNO4S2/c14-10-6-7-20-13(10)21(18,19)15-11(12(16)17)8-9-4-2-1-3-5-9/h1-7,11,15H,8H2,(H,16,17)/t11-/m1/s1. The van der Waals surface area contributed by atoms with Crippen LogP contribution in [0.1, 0.15) is 5.56 Å². The molecule has 0 bridgehead atoms. The molecule has 1 atom stereocenters. The number of carbonyl (C=O) groups is 1. The predicted molar refractivity (Wildman–Crippen MR) is 83.9 cm³/mol. The van der Waals surface area contributed by atoms with Crippen molar-refractivity contribution in [3.8, 4) is 0 Å². The lowest BCUT2D eigenvalue weighted by Crippen LogP contribution is -2.42. The first kappa shape index (κ1) is 16.2. The van der Waals surface area contributed by atoms with E-state index in [-0.39, 0.29) is 10.6 Å². The van der Waals surface area contributed by atoms with Gasteiger partial charge in [-0.2, -0.15) is 4.72 Å². The summed E-state index contributed by atoms with van der Waals surface area (Å²) in [6.07, 6.45) is 0.0817. The number of sulfonamides is 1. The maximum Gasteiger partial charge on any atom is 0.322 e. The summed E-state index contributed by atoms with van der Waals surface area (Å²) in [5.41, 5.74) is 0.748. The van der Waals surface area contributed by atoms with Crippen LogP contribution >= 0.6 is 27.3 Å². The highest BCUT2D eigenvalue weighted by atomic mass is 79.9. The molecule has 112 valence electrons. The molecule has 2 aromatic rings. The minimum Gasteiger partial charge on any atom is -0.480 e. The molecule has 1 aromatic heterocycles. The fourth-order valence-corrected chi connectivity index (χ4v) is 5.28. The van der Waals surface area contributed by atoms with E-state index in [4.69, 9.17) is 0 Å². The lowest BCUT2D eigenvalue weighted by atomic mass is 10.1. The maximum atomic E-state index is 12.2. The average molecular weight is 390 g/mol. The van der Waals surface area contributed by atoms with Gasteiger partial charge in [-0.1, -0.05) is 30.3 Å². The van der Waals surface area contributed by atoms with Crippen LogP contribution in [0.3, 0.4) is 0 Å². The number of benzene rings is 1. The van der Waals surface area contributed by atoms with Crippen LogP contribution in [0.15, 0.2) is 50.5 Å². The van der Waals surface area contributed by atoms with Crippen molar-refractivity contribution in [3.63, 3.8) is 0 Å². The van der Waals surface area contributed by atoms with E-state index in [1.807, 2.05) is 6.07 Å². The molecule has 0 spiro atoms. The number of rotatable bonds is 6. The Morgan fingerprint density at radius 3 is 2.48 bits per heavy atom. The Hall–Kier alpha value is -1.22. The first-order valence-corrected chi connectivity index (χ1v) is 9.08. The van der Waals surface area contributed by atoms with Gasteiger partial charge in [0, 0.05) is 4.47 Å². The highest BCUT2D eigenvalue weighted by Crippen LogP contribution is 2.27. The third kappa shape index (κ3) is 4.13. The Bertz CT molecular complexity index is 728. The molecule has 0 aliphatic carbocycles. The third-order valence-electron chi connectivity index (χ3n) is 2.71. The molecule has 1 aromatic carbocycles. The van der Waals surface area contributed by atoms with Crippen LogP contribution < -0.4 is 4.72 Å². The smallest absolute Gasteiger partial charge is 0.322 e. The van der Waals surface area contributed by atoms with E-state index in [0.717, 1.165) is 16.9 Å². The molecule has 21 heavy (non-hydrogen) atoms. The summed E-state index contributed by atoms with van der Waals surface area (Å²) in [5.74, 6) is -1.21. The molecule has 0 fully saturated rings. The molecule has 1 heterocycles. The largest absolute Gasteiger partial charge is 0.480 e. The molecule has 0 amide bonds. The van der Waals surface area contributed by atoms with Crippen LogP contribution in [0, 0.1) is 0 Å². The van der Waals surface area contributed by atoms with Crippen molar-refractivity contribution >= 4 is 43.3 Å². The summed E-state index contributed by atoms with van der Waals surface area (Å²) in [6.45, 7) is 0. The molecule has 2 N–H and O–H groups in total. The molecule has 5 nitrogen and oxygen atoms in total. The van der Waals surface area contributed by atoms with Crippen LogP contribution in [0.25, 0.3) is 0 Å². The zero-order valence-corrected chi connectivity index (χ0v) is 13.9. The average Bonchev–Trinajstić information content (AvgIpc) is 2.86. The van der Waals surface area contributed by atoms with E-state index in [9.17, 15) is 18.3 Å². The highest BCUT2D eigenvalue weighted by molar-refractivity contribution is 9.10. The van der Waals surface area contributed by atoms with Crippen molar-refractivity contribution in [1.82, 2.24) is 4.72 Å². The normalized spacial score (nSPS) is 13.0. The van der Waals surface area contributed by atoms with Gasteiger partial charge >= 0.3 is 5.97 Å². The van der Waals surface area contributed by atoms with Crippen LogP contribution in [-0.4, -0.2) is 25.5 Å². The summed E-state index contributed by atoms with van der Waals surface area (Å²) in [5, 5.41) is 10.8. The second-order valence-electron chi connectivity index (χ2n) is 4.26. The van der Waals surface area contributed by atoms with Crippen LogP contribution in [0.4, 0.5) is 0 Å². The molecule has 0 saturated carbocycles. The Balaban J connectivity index is 2.21. The van der Waals surface area contributed by atoms with Gasteiger partial charge in [0.25, 0.3) is 10.0 Å². The van der Waals surface area contributed by atoms with E-state index >= 15 is 0 Å². The van der Waals surface area contributed by atoms with Crippen molar-refractivity contribution in [3.05, 3.63) is 51.8 Å². The monoisotopic (exact) mass is 389 g/mol. The van der Waals surface area contributed by atoms with E-state index in [0.29, 0.717) is 4.47 Å².